The lowest BCUT2D eigenvalue weighted by Crippen LogP contribution is -2.08. The molecule has 1 aliphatic heterocycles. The van der Waals surface area contributed by atoms with E-state index >= 15 is 0 Å². The first-order valence-corrected chi connectivity index (χ1v) is 8.27. The number of carbonyl (C=O) groups is 1. The van der Waals surface area contributed by atoms with E-state index in [1.807, 2.05) is 10.5 Å². The van der Waals surface area contributed by atoms with Gasteiger partial charge in [-0.05, 0) is 31.0 Å². The van der Waals surface area contributed by atoms with E-state index in [0.717, 1.165) is 47.9 Å². The summed E-state index contributed by atoms with van der Waals surface area (Å²) >= 11 is 0. The number of hydrogen-bond donors (Lipinski definition) is 1. The topological polar surface area (TPSA) is 81.4 Å². The molecule has 1 atom stereocenters. The van der Waals surface area contributed by atoms with Crippen molar-refractivity contribution >= 4 is 17.2 Å². The minimum Gasteiger partial charge on any atom is -0.381 e. The van der Waals surface area contributed by atoms with Crippen LogP contribution in [0.25, 0.3) is 17.0 Å². The monoisotopic (exact) mass is 337 g/mol. The standard InChI is InChI=1S/C18H19N5O2/c1-11-5-15(13-3-4-25-10-13)22-16(6-11)18-20-8-14-7-19-17(9-23(14)18)21-12(2)24/h5-9,13H,3-4,10H2,1-2H3,(H,21,24). The van der Waals surface area contributed by atoms with Crippen LogP contribution in [0.15, 0.2) is 30.7 Å². The maximum Gasteiger partial charge on any atom is 0.222 e. The van der Waals surface area contributed by atoms with E-state index in [1.165, 1.54) is 6.92 Å². The molecule has 7 heteroatoms. The lowest BCUT2D eigenvalue weighted by Gasteiger charge is -2.11. The van der Waals surface area contributed by atoms with Crippen LogP contribution in [-0.2, 0) is 9.53 Å². The van der Waals surface area contributed by atoms with Crippen LogP contribution in [0.5, 0.6) is 0 Å². The van der Waals surface area contributed by atoms with Gasteiger partial charge in [0, 0.05) is 25.1 Å². The van der Waals surface area contributed by atoms with Crippen LogP contribution in [0.2, 0.25) is 0 Å². The van der Waals surface area contributed by atoms with Gasteiger partial charge in [0.25, 0.3) is 0 Å². The zero-order chi connectivity index (χ0) is 17.4. The maximum atomic E-state index is 11.3. The van der Waals surface area contributed by atoms with Gasteiger partial charge in [-0.15, -0.1) is 0 Å². The van der Waals surface area contributed by atoms with Crippen LogP contribution in [-0.4, -0.2) is 38.5 Å². The molecule has 1 fully saturated rings. The van der Waals surface area contributed by atoms with Gasteiger partial charge in [-0.1, -0.05) is 0 Å². The number of amides is 1. The highest BCUT2D eigenvalue weighted by molar-refractivity contribution is 5.87. The number of ether oxygens (including phenoxy) is 1. The quantitative estimate of drug-likeness (QED) is 0.794. The molecule has 1 N–H and O–H groups in total. The van der Waals surface area contributed by atoms with Gasteiger partial charge in [0.05, 0.1) is 30.7 Å². The molecule has 3 aromatic heterocycles. The second-order valence-electron chi connectivity index (χ2n) is 6.35. The summed E-state index contributed by atoms with van der Waals surface area (Å²) in [7, 11) is 0. The number of nitrogens with one attached hydrogen (secondary N) is 1. The number of pyridine rings is 1. The smallest absolute Gasteiger partial charge is 0.222 e. The number of rotatable bonds is 3. The van der Waals surface area contributed by atoms with Crippen molar-refractivity contribution in [1.82, 2.24) is 19.4 Å². The average molecular weight is 337 g/mol. The average Bonchev–Trinajstić information content (AvgIpc) is 3.23. The third-order valence-corrected chi connectivity index (χ3v) is 4.28. The molecule has 1 aliphatic rings. The minimum absolute atomic E-state index is 0.161. The number of aromatic nitrogens is 4. The van der Waals surface area contributed by atoms with Gasteiger partial charge in [-0.2, -0.15) is 0 Å². The lowest BCUT2D eigenvalue weighted by molar-refractivity contribution is -0.114. The van der Waals surface area contributed by atoms with Crippen LogP contribution in [0.1, 0.15) is 30.5 Å². The van der Waals surface area contributed by atoms with E-state index in [9.17, 15) is 4.79 Å². The molecule has 0 aliphatic carbocycles. The highest BCUT2D eigenvalue weighted by Gasteiger charge is 2.21. The van der Waals surface area contributed by atoms with E-state index in [4.69, 9.17) is 9.72 Å². The number of carbonyl (C=O) groups excluding carboxylic acids is 1. The molecule has 0 saturated carbocycles. The first kappa shape index (κ1) is 15.7. The highest BCUT2D eigenvalue weighted by atomic mass is 16.5. The van der Waals surface area contributed by atoms with Gasteiger partial charge in [0.1, 0.15) is 11.5 Å². The predicted molar refractivity (Wildman–Crippen MR) is 93.4 cm³/mol. The molecule has 7 nitrogen and oxygen atoms in total. The van der Waals surface area contributed by atoms with Crippen molar-refractivity contribution in [2.45, 2.75) is 26.2 Å². The molecule has 128 valence electrons. The van der Waals surface area contributed by atoms with E-state index in [0.29, 0.717) is 11.7 Å². The summed E-state index contributed by atoms with van der Waals surface area (Å²) < 4.78 is 7.39. The summed E-state index contributed by atoms with van der Waals surface area (Å²) in [4.78, 5) is 24.8. The Balaban J connectivity index is 1.79. The molecule has 0 radical (unpaired) electrons. The Morgan fingerprint density at radius 2 is 2.16 bits per heavy atom. The normalized spacial score (nSPS) is 17.1. The Hall–Kier alpha value is -2.80. The Bertz CT molecular complexity index is 944. The number of aryl methyl sites for hydroxylation is 1. The van der Waals surface area contributed by atoms with Crippen molar-refractivity contribution in [2.75, 3.05) is 18.5 Å². The van der Waals surface area contributed by atoms with Gasteiger partial charge in [0.15, 0.2) is 5.82 Å². The summed E-state index contributed by atoms with van der Waals surface area (Å²) in [5.41, 5.74) is 3.83. The predicted octanol–water partition coefficient (Wildman–Crippen LogP) is 2.56. The fourth-order valence-electron chi connectivity index (χ4n) is 3.12. The molecule has 4 rings (SSSR count). The number of fused-ring (bicyclic) bond motifs is 1. The van der Waals surface area contributed by atoms with Crippen LogP contribution in [0.3, 0.4) is 0 Å². The van der Waals surface area contributed by atoms with Gasteiger partial charge in [-0.25, -0.2) is 15.0 Å². The van der Waals surface area contributed by atoms with Crippen molar-refractivity contribution in [3.05, 3.63) is 42.0 Å². The Kier molecular flexibility index (Phi) is 3.93. The first-order valence-electron chi connectivity index (χ1n) is 8.27. The molecule has 0 bridgehead atoms. The van der Waals surface area contributed by atoms with Crippen molar-refractivity contribution < 1.29 is 9.53 Å². The van der Waals surface area contributed by atoms with Crippen molar-refractivity contribution in [3.63, 3.8) is 0 Å². The summed E-state index contributed by atoms with van der Waals surface area (Å²) in [5.74, 6) is 1.39. The SMILES string of the molecule is CC(=O)Nc1cn2c(-c3cc(C)cc(C4CCOC4)n3)ncc2cn1. The summed E-state index contributed by atoms with van der Waals surface area (Å²) in [6, 6.07) is 4.13. The van der Waals surface area contributed by atoms with E-state index in [1.54, 1.807) is 18.6 Å². The van der Waals surface area contributed by atoms with Crippen LogP contribution in [0, 0.1) is 6.92 Å². The molecule has 1 unspecified atom stereocenters. The zero-order valence-electron chi connectivity index (χ0n) is 14.2. The molecule has 0 aromatic carbocycles. The van der Waals surface area contributed by atoms with Crippen molar-refractivity contribution in [1.29, 1.82) is 0 Å². The summed E-state index contributed by atoms with van der Waals surface area (Å²) in [5, 5.41) is 2.70. The van der Waals surface area contributed by atoms with Crippen LogP contribution < -0.4 is 5.32 Å². The fourth-order valence-corrected chi connectivity index (χ4v) is 3.12. The van der Waals surface area contributed by atoms with Gasteiger partial charge >= 0.3 is 0 Å². The lowest BCUT2D eigenvalue weighted by atomic mass is 10.0. The molecule has 0 spiro atoms. The third-order valence-electron chi connectivity index (χ3n) is 4.28. The van der Waals surface area contributed by atoms with E-state index < -0.39 is 0 Å². The van der Waals surface area contributed by atoms with Gasteiger partial charge < -0.3 is 10.1 Å². The Morgan fingerprint density at radius 1 is 1.32 bits per heavy atom. The number of imidazole rings is 1. The molecule has 3 aromatic rings. The van der Waals surface area contributed by atoms with Gasteiger partial charge in [0.2, 0.25) is 5.91 Å². The van der Waals surface area contributed by atoms with Crippen molar-refractivity contribution in [2.24, 2.45) is 0 Å². The largest absolute Gasteiger partial charge is 0.381 e. The molecular formula is C18H19N5O2. The number of nitrogens with zero attached hydrogens (tertiary/aromatic N) is 4. The van der Waals surface area contributed by atoms with E-state index in [2.05, 4.69) is 28.3 Å². The molecular weight excluding hydrogens is 318 g/mol. The number of hydrogen-bond acceptors (Lipinski definition) is 5. The van der Waals surface area contributed by atoms with Crippen LogP contribution in [0.4, 0.5) is 5.82 Å². The zero-order valence-corrected chi connectivity index (χ0v) is 14.2. The molecule has 1 saturated heterocycles. The van der Waals surface area contributed by atoms with E-state index in [-0.39, 0.29) is 5.91 Å². The fraction of sp³-hybridized carbons (Fsp3) is 0.333. The highest BCUT2D eigenvalue weighted by Crippen LogP contribution is 2.27. The molecule has 1 amide bonds. The maximum absolute atomic E-state index is 11.3. The second-order valence-corrected chi connectivity index (χ2v) is 6.35. The van der Waals surface area contributed by atoms with Gasteiger partial charge in [-0.3, -0.25) is 9.20 Å². The number of anilines is 1. The summed E-state index contributed by atoms with van der Waals surface area (Å²) in [6.45, 7) is 5.02. The Morgan fingerprint density at radius 3 is 2.92 bits per heavy atom. The second kappa shape index (κ2) is 6.25. The third kappa shape index (κ3) is 3.10. The molecule has 4 heterocycles. The van der Waals surface area contributed by atoms with Crippen molar-refractivity contribution in [3.8, 4) is 11.5 Å². The first-order chi connectivity index (χ1) is 12.1. The summed E-state index contributed by atoms with van der Waals surface area (Å²) in [6.07, 6.45) is 6.20. The Labute approximate surface area is 145 Å². The molecule has 25 heavy (non-hydrogen) atoms. The minimum atomic E-state index is -0.161. The van der Waals surface area contributed by atoms with Crippen LogP contribution >= 0.6 is 0 Å².